The van der Waals surface area contributed by atoms with Crippen molar-refractivity contribution in [3.8, 4) is 0 Å². The second-order valence-electron chi connectivity index (χ2n) is 8.33. The number of benzene rings is 2. The van der Waals surface area contributed by atoms with Gasteiger partial charge in [-0.2, -0.15) is 0 Å². The fourth-order valence-electron chi connectivity index (χ4n) is 4.25. The monoisotopic (exact) mass is 472 g/mol. The van der Waals surface area contributed by atoms with Crippen LogP contribution in [0.25, 0.3) is 27.4 Å². The van der Waals surface area contributed by atoms with E-state index in [1.54, 1.807) is 38.1 Å². The molecule has 2 aromatic heterocycles. The number of aryl methyl sites for hydroxylation is 1. The number of fused-ring (bicyclic) bond motifs is 2. The van der Waals surface area contributed by atoms with Crippen LogP contribution in [-0.4, -0.2) is 20.6 Å². The topological polar surface area (TPSA) is 75.1 Å². The lowest BCUT2D eigenvalue weighted by atomic mass is 9.95. The molecule has 6 heteroatoms. The third-order valence-corrected chi connectivity index (χ3v) is 5.89. The Balaban J connectivity index is 0.00000342. The number of nitrogens with zero attached hydrogens (tertiary/aromatic N) is 1. The molecule has 0 spiro atoms. The summed E-state index contributed by atoms with van der Waals surface area (Å²) in [6, 6.07) is 12.1. The molecule has 4 aromatic rings. The van der Waals surface area contributed by atoms with E-state index in [1.165, 1.54) is 10.6 Å². The lowest BCUT2D eigenvalue weighted by Crippen LogP contribution is -2.18. The molecular weight excluding hydrogens is 443 g/mol. The number of pyridine rings is 1. The number of carboxylic acid groups (broad SMARTS) is 1. The summed E-state index contributed by atoms with van der Waals surface area (Å²) in [4.78, 5) is 28.3. The number of para-hydroxylation sites is 1. The quantitative estimate of drug-likeness (QED) is 0.301. The van der Waals surface area contributed by atoms with Crippen molar-refractivity contribution in [1.82, 2.24) is 9.55 Å². The molecule has 2 aromatic carbocycles. The van der Waals surface area contributed by atoms with Crippen LogP contribution in [0.2, 0.25) is 0 Å². The Hall–Kier alpha value is -4.19. The molecule has 5 nitrogen and oxygen atoms in total. The lowest BCUT2D eigenvalue weighted by Gasteiger charge is -2.11. The number of carboxylic acids is 1. The van der Waals surface area contributed by atoms with E-state index in [4.69, 9.17) is 0 Å². The van der Waals surface area contributed by atoms with Crippen molar-refractivity contribution in [2.75, 3.05) is 0 Å². The van der Waals surface area contributed by atoms with Crippen LogP contribution in [0, 0.1) is 12.7 Å². The van der Waals surface area contributed by atoms with Gasteiger partial charge in [0, 0.05) is 22.0 Å². The number of nitrogens with one attached hydrogen (secondary N) is 1. The molecule has 4 rings (SSSR count). The van der Waals surface area contributed by atoms with E-state index in [1.807, 2.05) is 37.3 Å². The Morgan fingerprint density at radius 2 is 1.94 bits per heavy atom. The van der Waals surface area contributed by atoms with Crippen LogP contribution < -0.4 is 5.56 Å². The molecule has 0 aliphatic heterocycles. The fraction of sp³-hybridized carbons (Fsp3) is 0.172. The Morgan fingerprint density at radius 1 is 1.23 bits per heavy atom. The van der Waals surface area contributed by atoms with Gasteiger partial charge in [0.15, 0.2) is 0 Å². The van der Waals surface area contributed by atoms with Crippen LogP contribution in [-0.2, 0) is 6.54 Å². The van der Waals surface area contributed by atoms with Gasteiger partial charge in [0.25, 0.3) is 5.56 Å². The zero-order valence-electron chi connectivity index (χ0n) is 19.3. The van der Waals surface area contributed by atoms with Crippen LogP contribution in [0.3, 0.4) is 0 Å². The lowest BCUT2D eigenvalue weighted by molar-refractivity contribution is 0.0686. The van der Waals surface area contributed by atoms with Gasteiger partial charge in [-0.15, -0.1) is 0 Å². The molecule has 2 N–H and O–H groups in total. The van der Waals surface area contributed by atoms with Crippen LogP contribution >= 0.6 is 0 Å². The van der Waals surface area contributed by atoms with Gasteiger partial charge in [-0.25, -0.2) is 9.18 Å². The summed E-state index contributed by atoms with van der Waals surface area (Å²) >= 11 is 0. The molecule has 0 aliphatic carbocycles. The molecule has 0 aliphatic rings. The van der Waals surface area contributed by atoms with E-state index in [0.29, 0.717) is 44.3 Å². The van der Waals surface area contributed by atoms with Gasteiger partial charge in [0.05, 0.1) is 12.1 Å². The molecule has 35 heavy (non-hydrogen) atoms. The van der Waals surface area contributed by atoms with Gasteiger partial charge < -0.3 is 14.7 Å². The second kappa shape index (κ2) is 9.97. The van der Waals surface area contributed by atoms with Crippen molar-refractivity contribution in [2.45, 2.75) is 34.7 Å². The third kappa shape index (κ3) is 4.60. The van der Waals surface area contributed by atoms with Gasteiger partial charge in [-0.3, -0.25) is 4.79 Å². The predicted molar refractivity (Wildman–Crippen MR) is 142 cm³/mol. The van der Waals surface area contributed by atoms with E-state index in [9.17, 15) is 19.1 Å². The van der Waals surface area contributed by atoms with Crippen LogP contribution in [0.1, 0.15) is 48.5 Å². The summed E-state index contributed by atoms with van der Waals surface area (Å²) in [7, 11) is 0. The molecule has 0 bridgehead atoms. The predicted octanol–water partition coefficient (Wildman–Crippen LogP) is 6.85. The van der Waals surface area contributed by atoms with Gasteiger partial charge >= 0.3 is 5.97 Å². The molecule has 0 radical (unpaired) electrons. The van der Waals surface area contributed by atoms with Crippen molar-refractivity contribution in [3.05, 3.63) is 111 Å². The molecule has 0 saturated carbocycles. The summed E-state index contributed by atoms with van der Waals surface area (Å²) in [5.41, 5.74) is 3.28. The Labute approximate surface area is 203 Å². The minimum absolute atomic E-state index is 0. The highest BCUT2D eigenvalue weighted by atomic mass is 19.1. The summed E-state index contributed by atoms with van der Waals surface area (Å²) in [6.45, 7) is 9.31. The number of carbonyl (C=O) groups is 1. The Kier molecular flexibility index (Phi) is 7.25. The third-order valence-electron chi connectivity index (χ3n) is 5.89. The maximum absolute atomic E-state index is 14.7. The number of rotatable bonds is 6. The summed E-state index contributed by atoms with van der Waals surface area (Å²) in [6.07, 6.45) is 5.45. The summed E-state index contributed by atoms with van der Waals surface area (Å²) in [5.74, 6) is -1.62. The van der Waals surface area contributed by atoms with E-state index in [-0.39, 0.29) is 25.2 Å². The standard InChI is InChI=1S/C28H25FN2O3.CH4/c1-5-6-10-20(16(2)3)25-21-12-17(4)22(29)14-24(21)31(26(25)28(33)34)15-19-13-18-9-7-8-11-23(18)30-27(19)32;/h5-14H,2,15H2,1,3-4H3,(H,30,32)(H,33,34);1H4/b6-5-,20-10+;. The van der Waals surface area contributed by atoms with Crippen molar-refractivity contribution in [3.63, 3.8) is 0 Å². The number of aromatic carboxylic acids is 1. The normalized spacial score (nSPS) is 11.8. The van der Waals surface area contributed by atoms with E-state index >= 15 is 0 Å². The second-order valence-corrected chi connectivity index (χ2v) is 8.33. The highest BCUT2D eigenvalue weighted by Gasteiger charge is 2.26. The van der Waals surface area contributed by atoms with Crippen molar-refractivity contribution >= 4 is 33.3 Å². The maximum atomic E-state index is 14.7. The van der Waals surface area contributed by atoms with Gasteiger partial charge in [0.2, 0.25) is 0 Å². The maximum Gasteiger partial charge on any atom is 0.353 e. The molecule has 0 fully saturated rings. The number of halogens is 1. The number of aromatic nitrogens is 2. The van der Waals surface area contributed by atoms with Crippen molar-refractivity contribution < 1.29 is 14.3 Å². The minimum atomic E-state index is -1.17. The first kappa shape index (κ1) is 25.4. The SMILES string of the molecule is C.C=C(C)/C(=C\C=C/C)c1c(C(=O)O)n(Cc2cc3ccccc3[nH]c2=O)c2cc(F)c(C)cc12. The molecule has 0 unspecified atom stereocenters. The smallest absolute Gasteiger partial charge is 0.353 e. The molecule has 2 heterocycles. The highest BCUT2D eigenvalue weighted by molar-refractivity contribution is 6.07. The molecule has 180 valence electrons. The number of aromatic amines is 1. The van der Waals surface area contributed by atoms with Crippen LogP contribution in [0.4, 0.5) is 4.39 Å². The van der Waals surface area contributed by atoms with Gasteiger partial charge in [-0.05, 0) is 61.6 Å². The first-order chi connectivity index (χ1) is 16.2. The average molecular weight is 473 g/mol. The zero-order chi connectivity index (χ0) is 24.6. The largest absolute Gasteiger partial charge is 0.477 e. The first-order valence-corrected chi connectivity index (χ1v) is 10.9. The van der Waals surface area contributed by atoms with Crippen molar-refractivity contribution in [2.24, 2.45) is 0 Å². The number of H-pyrrole nitrogens is 1. The van der Waals surface area contributed by atoms with E-state index in [0.717, 1.165) is 5.39 Å². The van der Waals surface area contributed by atoms with Gasteiger partial charge in [0.1, 0.15) is 11.5 Å². The van der Waals surface area contributed by atoms with E-state index in [2.05, 4.69) is 11.6 Å². The summed E-state index contributed by atoms with van der Waals surface area (Å²) < 4.78 is 16.2. The van der Waals surface area contributed by atoms with Crippen LogP contribution in [0.5, 0.6) is 0 Å². The average Bonchev–Trinajstić information content (AvgIpc) is 3.07. The fourth-order valence-corrected chi connectivity index (χ4v) is 4.25. The number of allylic oxidation sites excluding steroid dienone is 5. The molecule has 0 atom stereocenters. The summed E-state index contributed by atoms with van der Waals surface area (Å²) in [5, 5.41) is 11.7. The molecular formula is C29H29FN2O3. The zero-order valence-corrected chi connectivity index (χ0v) is 19.3. The Morgan fingerprint density at radius 3 is 2.60 bits per heavy atom. The van der Waals surface area contributed by atoms with Crippen LogP contribution in [0.15, 0.2) is 77.6 Å². The minimum Gasteiger partial charge on any atom is -0.477 e. The molecule has 0 saturated heterocycles. The number of hydrogen-bond donors (Lipinski definition) is 2. The van der Waals surface area contributed by atoms with Crippen molar-refractivity contribution in [1.29, 1.82) is 0 Å². The molecule has 0 amide bonds. The van der Waals surface area contributed by atoms with E-state index < -0.39 is 11.8 Å². The first-order valence-electron chi connectivity index (χ1n) is 10.9. The van der Waals surface area contributed by atoms with Gasteiger partial charge in [-0.1, -0.05) is 56.0 Å². The highest BCUT2D eigenvalue weighted by Crippen LogP contribution is 2.37. The number of hydrogen-bond acceptors (Lipinski definition) is 2. The Bertz CT molecular complexity index is 1590.